The van der Waals surface area contributed by atoms with Crippen LogP contribution in [0.3, 0.4) is 0 Å². The zero-order chi connectivity index (χ0) is 15.6. The van der Waals surface area contributed by atoms with Crippen LogP contribution in [-0.2, 0) is 6.54 Å². The van der Waals surface area contributed by atoms with Crippen LogP contribution < -0.4 is 15.4 Å². The molecule has 0 saturated carbocycles. The fourth-order valence-corrected chi connectivity index (χ4v) is 1.88. The highest BCUT2D eigenvalue weighted by Crippen LogP contribution is 2.16. The number of carbonyl (C=O) groups is 1. The van der Waals surface area contributed by atoms with Gasteiger partial charge >= 0.3 is 6.03 Å². The Morgan fingerprint density at radius 3 is 2.55 bits per heavy atom. The van der Waals surface area contributed by atoms with Crippen molar-refractivity contribution < 1.29 is 9.53 Å². The molecular formula is C18H18N2O2. The Balaban J connectivity index is 1.76. The summed E-state index contributed by atoms with van der Waals surface area (Å²) in [6, 6.07) is 17.0. The summed E-state index contributed by atoms with van der Waals surface area (Å²) in [6.07, 6.45) is 0. The highest BCUT2D eigenvalue weighted by molar-refractivity contribution is 5.74. The largest absolute Gasteiger partial charge is 0.496 e. The van der Waals surface area contributed by atoms with Crippen LogP contribution in [0.5, 0.6) is 5.75 Å². The Hall–Kier alpha value is -2.93. The van der Waals surface area contributed by atoms with Crippen LogP contribution in [0.2, 0.25) is 0 Å². The molecule has 4 nitrogen and oxygen atoms in total. The number of carbonyl (C=O) groups excluding carboxylic acids is 1. The van der Waals surface area contributed by atoms with Crippen molar-refractivity contribution >= 4 is 6.03 Å². The summed E-state index contributed by atoms with van der Waals surface area (Å²) >= 11 is 0. The van der Waals surface area contributed by atoms with E-state index in [0.717, 1.165) is 16.9 Å². The fourth-order valence-electron chi connectivity index (χ4n) is 1.88. The van der Waals surface area contributed by atoms with E-state index in [1.807, 2.05) is 54.6 Å². The van der Waals surface area contributed by atoms with Gasteiger partial charge in [-0.15, -0.1) is 0 Å². The van der Waals surface area contributed by atoms with Gasteiger partial charge in [-0.2, -0.15) is 0 Å². The number of ether oxygens (including phenoxy) is 1. The number of amides is 2. The molecule has 0 aliphatic rings. The van der Waals surface area contributed by atoms with Gasteiger partial charge < -0.3 is 15.4 Å². The summed E-state index contributed by atoms with van der Waals surface area (Å²) in [5.41, 5.74) is 1.86. The zero-order valence-corrected chi connectivity index (χ0v) is 12.4. The Bertz CT molecular complexity index is 672. The van der Waals surface area contributed by atoms with Crippen LogP contribution in [0.15, 0.2) is 54.6 Å². The highest BCUT2D eigenvalue weighted by Gasteiger charge is 2.03. The van der Waals surface area contributed by atoms with Gasteiger partial charge in [-0.25, -0.2) is 4.79 Å². The average molecular weight is 294 g/mol. The van der Waals surface area contributed by atoms with Crippen LogP contribution in [0.25, 0.3) is 0 Å². The van der Waals surface area contributed by atoms with E-state index in [0.29, 0.717) is 13.1 Å². The van der Waals surface area contributed by atoms with Crippen LogP contribution in [0, 0.1) is 11.8 Å². The van der Waals surface area contributed by atoms with Gasteiger partial charge in [0.15, 0.2) is 0 Å². The summed E-state index contributed by atoms with van der Waals surface area (Å²) in [6.45, 7) is 0.703. The molecule has 0 bridgehead atoms. The number of hydrogen-bond donors (Lipinski definition) is 2. The number of para-hydroxylation sites is 1. The lowest BCUT2D eigenvalue weighted by atomic mass is 10.2. The number of methoxy groups -OCH3 is 1. The van der Waals surface area contributed by atoms with Gasteiger partial charge in [0, 0.05) is 17.7 Å². The second-order valence-electron chi connectivity index (χ2n) is 4.52. The lowest BCUT2D eigenvalue weighted by molar-refractivity contribution is 0.241. The van der Waals surface area contributed by atoms with Crippen molar-refractivity contribution in [1.29, 1.82) is 0 Å². The molecule has 2 aromatic carbocycles. The molecule has 0 aromatic heterocycles. The molecule has 0 fully saturated rings. The molecule has 2 N–H and O–H groups in total. The third-order valence-corrected chi connectivity index (χ3v) is 2.98. The van der Waals surface area contributed by atoms with Crippen molar-refractivity contribution in [3.63, 3.8) is 0 Å². The first-order chi connectivity index (χ1) is 10.8. The van der Waals surface area contributed by atoms with E-state index in [1.54, 1.807) is 7.11 Å². The van der Waals surface area contributed by atoms with Crippen molar-refractivity contribution in [2.24, 2.45) is 0 Å². The molecule has 0 heterocycles. The Kier molecular flexibility index (Phi) is 5.89. The number of benzene rings is 2. The SMILES string of the molecule is COc1ccccc1CNC(=O)NCC#Cc1ccccc1. The van der Waals surface area contributed by atoms with E-state index in [4.69, 9.17) is 4.74 Å². The summed E-state index contributed by atoms with van der Waals surface area (Å²) in [7, 11) is 1.61. The monoisotopic (exact) mass is 294 g/mol. The molecule has 2 amide bonds. The van der Waals surface area contributed by atoms with E-state index in [2.05, 4.69) is 22.5 Å². The number of nitrogens with one attached hydrogen (secondary N) is 2. The average Bonchev–Trinajstić information content (AvgIpc) is 2.58. The lowest BCUT2D eigenvalue weighted by Crippen LogP contribution is -2.35. The molecule has 22 heavy (non-hydrogen) atoms. The minimum Gasteiger partial charge on any atom is -0.496 e. The van der Waals surface area contributed by atoms with E-state index in [9.17, 15) is 4.79 Å². The minimum atomic E-state index is -0.256. The Morgan fingerprint density at radius 2 is 1.77 bits per heavy atom. The van der Waals surface area contributed by atoms with Crippen molar-refractivity contribution in [2.75, 3.05) is 13.7 Å². The second kappa shape index (κ2) is 8.38. The van der Waals surface area contributed by atoms with E-state index >= 15 is 0 Å². The number of hydrogen-bond acceptors (Lipinski definition) is 2. The molecule has 0 spiro atoms. The number of rotatable bonds is 4. The third-order valence-electron chi connectivity index (χ3n) is 2.98. The van der Waals surface area contributed by atoms with Gasteiger partial charge in [0.2, 0.25) is 0 Å². The first kappa shape index (κ1) is 15.5. The Labute approximate surface area is 130 Å². The van der Waals surface area contributed by atoms with Crippen molar-refractivity contribution in [1.82, 2.24) is 10.6 Å². The Morgan fingerprint density at radius 1 is 1.05 bits per heavy atom. The zero-order valence-electron chi connectivity index (χ0n) is 12.4. The van der Waals surface area contributed by atoms with Gasteiger partial charge in [0.05, 0.1) is 13.7 Å². The predicted molar refractivity (Wildman–Crippen MR) is 86.6 cm³/mol. The second-order valence-corrected chi connectivity index (χ2v) is 4.52. The van der Waals surface area contributed by atoms with E-state index in [1.165, 1.54) is 0 Å². The van der Waals surface area contributed by atoms with E-state index < -0.39 is 0 Å². The van der Waals surface area contributed by atoms with Gasteiger partial charge in [0.1, 0.15) is 5.75 Å². The summed E-state index contributed by atoms with van der Waals surface area (Å²) < 4.78 is 5.23. The maximum Gasteiger partial charge on any atom is 0.315 e. The standard InChI is InChI=1S/C18H18N2O2/c1-22-17-12-6-5-11-16(17)14-20-18(21)19-13-7-10-15-8-3-2-4-9-15/h2-6,8-9,11-12H,13-14H2,1H3,(H2,19,20,21). The summed E-state index contributed by atoms with van der Waals surface area (Å²) in [5.74, 6) is 6.64. The van der Waals surface area contributed by atoms with Crippen molar-refractivity contribution in [3.05, 3.63) is 65.7 Å². The normalized spacial score (nSPS) is 9.32. The van der Waals surface area contributed by atoms with Gasteiger partial charge in [-0.3, -0.25) is 0 Å². The molecule has 0 aliphatic heterocycles. The summed E-state index contributed by atoms with van der Waals surface area (Å²) in [5, 5.41) is 5.47. The molecule has 0 radical (unpaired) electrons. The molecule has 0 atom stereocenters. The maximum atomic E-state index is 11.7. The van der Waals surface area contributed by atoms with Crippen LogP contribution in [0.1, 0.15) is 11.1 Å². The van der Waals surface area contributed by atoms with Gasteiger partial charge in [-0.05, 0) is 18.2 Å². The molecular weight excluding hydrogens is 276 g/mol. The molecule has 112 valence electrons. The molecule has 2 aromatic rings. The smallest absolute Gasteiger partial charge is 0.315 e. The molecule has 0 aliphatic carbocycles. The highest BCUT2D eigenvalue weighted by atomic mass is 16.5. The first-order valence-electron chi connectivity index (χ1n) is 6.97. The quantitative estimate of drug-likeness (QED) is 0.851. The minimum absolute atomic E-state index is 0.256. The first-order valence-corrected chi connectivity index (χ1v) is 6.97. The lowest BCUT2D eigenvalue weighted by Gasteiger charge is -2.09. The third kappa shape index (κ3) is 4.88. The van der Waals surface area contributed by atoms with Crippen LogP contribution in [0.4, 0.5) is 4.79 Å². The predicted octanol–water partition coefficient (Wildman–Crippen LogP) is 2.55. The van der Waals surface area contributed by atoms with E-state index in [-0.39, 0.29) is 6.03 Å². The maximum absolute atomic E-state index is 11.7. The van der Waals surface area contributed by atoms with Crippen molar-refractivity contribution in [2.45, 2.75) is 6.54 Å². The topological polar surface area (TPSA) is 50.4 Å². The van der Waals surface area contributed by atoms with Crippen molar-refractivity contribution in [3.8, 4) is 17.6 Å². The molecule has 2 rings (SSSR count). The van der Waals surface area contributed by atoms with Crippen LogP contribution in [-0.4, -0.2) is 19.7 Å². The molecule has 0 unspecified atom stereocenters. The fraction of sp³-hybridized carbons (Fsp3) is 0.167. The van der Waals surface area contributed by atoms with Gasteiger partial charge in [0.25, 0.3) is 0 Å². The van der Waals surface area contributed by atoms with Crippen LogP contribution >= 0.6 is 0 Å². The number of urea groups is 1. The summed E-state index contributed by atoms with van der Waals surface area (Å²) in [4.78, 5) is 11.7. The molecule has 0 saturated heterocycles. The van der Waals surface area contributed by atoms with Gasteiger partial charge in [-0.1, -0.05) is 48.2 Å². The molecule has 4 heteroatoms.